The van der Waals surface area contributed by atoms with Crippen molar-refractivity contribution in [2.24, 2.45) is 0 Å². The van der Waals surface area contributed by atoms with Gasteiger partial charge in [0, 0.05) is 21.7 Å². The molecule has 0 heterocycles. The molecular formula is C13H10Cl2FNO. The highest BCUT2D eigenvalue weighted by molar-refractivity contribution is 6.33. The van der Waals surface area contributed by atoms with Crippen LogP contribution in [0, 0.1) is 5.82 Å². The predicted molar refractivity (Wildman–Crippen MR) is 71.6 cm³/mol. The molecule has 2 rings (SSSR count). The maximum Gasteiger partial charge on any atom is 0.142 e. The number of ether oxygens (including phenoxy) is 1. The second-order valence-corrected chi connectivity index (χ2v) is 4.55. The fraction of sp³-hybridized carbons (Fsp3) is 0.0769. The molecule has 2 aromatic rings. The van der Waals surface area contributed by atoms with Gasteiger partial charge in [-0.3, -0.25) is 0 Å². The third-order valence-corrected chi connectivity index (χ3v) is 2.97. The Morgan fingerprint density at radius 2 is 1.89 bits per heavy atom. The zero-order chi connectivity index (χ0) is 13.1. The van der Waals surface area contributed by atoms with Gasteiger partial charge in [-0.05, 0) is 30.3 Å². The van der Waals surface area contributed by atoms with Crippen molar-refractivity contribution in [1.82, 2.24) is 0 Å². The van der Waals surface area contributed by atoms with Crippen LogP contribution in [0.25, 0.3) is 0 Å². The van der Waals surface area contributed by atoms with E-state index in [2.05, 4.69) is 0 Å². The van der Waals surface area contributed by atoms with E-state index in [-0.39, 0.29) is 12.3 Å². The summed E-state index contributed by atoms with van der Waals surface area (Å²) in [7, 11) is 0. The number of anilines is 1. The van der Waals surface area contributed by atoms with Crippen molar-refractivity contribution in [1.29, 1.82) is 0 Å². The molecule has 94 valence electrons. The number of halogens is 3. The van der Waals surface area contributed by atoms with Crippen LogP contribution in [0.3, 0.4) is 0 Å². The van der Waals surface area contributed by atoms with Crippen molar-refractivity contribution in [2.45, 2.75) is 6.61 Å². The molecule has 0 radical (unpaired) electrons. The van der Waals surface area contributed by atoms with Crippen molar-refractivity contribution < 1.29 is 9.13 Å². The zero-order valence-corrected chi connectivity index (χ0v) is 10.8. The molecule has 2 N–H and O–H groups in total. The fourth-order valence-corrected chi connectivity index (χ4v) is 1.83. The highest BCUT2D eigenvalue weighted by atomic mass is 35.5. The van der Waals surface area contributed by atoms with Gasteiger partial charge in [-0.1, -0.05) is 23.2 Å². The summed E-state index contributed by atoms with van der Waals surface area (Å²) in [5.41, 5.74) is 6.62. The van der Waals surface area contributed by atoms with Crippen molar-refractivity contribution >= 4 is 28.9 Å². The SMILES string of the molecule is Nc1cc(F)ccc1OCc1cc(Cl)ccc1Cl. The average molecular weight is 286 g/mol. The predicted octanol–water partition coefficient (Wildman–Crippen LogP) is 4.29. The number of hydrogen-bond donors (Lipinski definition) is 1. The van der Waals surface area contributed by atoms with E-state index in [9.17, 15) is 4.39 Å². The van der Waals surface area contributed by atoms with Crippen LogP contribution < -0.4 is 10.5 Å². The summed E-state index contributed by atoms with van der Waals surface area (Å²) in [6, 6.07) is 9.06. The zero-order valence-electron chi connectivity index (χ0n) is 9.29. The van der Waals surface area contributed by atoms with Crippen molar-refractivity contribution in [2.75, 3.05) is 5.73 Å². The highest BCUT2D eigenvalue weighted by Crippen LogP contribution is 2.26. The summed E-state index contributed by atoms with van der Waals surface area (Å²) in [6.45, 7) is 0.217. The van der Waals surface area contributed by atoms with E-state index in [4.69, 9.17) is 33.7 Å². The van der Waals surface area contributed by atoms with Crippen LogP contribution in [0.1, 0.15) is 5.56 Å². The smallest absolute Gasteiger partial charge is 0.142 e. The van der Waals surface area contributed by atoms with Crippen LogP contribution in [0.2, 0.25) is 10.0 Å². The Balaban J connectivity index is 2.13. The number of rotatable bonds is 3. The summed E-state index contributed by atoms with van der Waals surface area (Å²) in [6.07, 6.45) is 0. The normalized spacial score (nSPS) is 10.4. The summed E-state index contributed by atoms with van der Waals surface area (Å²) in [5, 5.41) is 1.13. The summed E-state index contributed by atoms with van der Waals surface area (Å²) >= 11 is 11.9. The fourth-order valence-electron chi connectivity index (χ4n) is 1.46. The molecule has 0 aliphatic heterocycles. The Bertz CT molecular complexity index is 575. The third-order valence-electron chi connectivity index (χ3n) is 2.36. The lowest BCUT2D eigenvalue weighted by Crippen LogP contribution is -1.99. The lowest BCUT2D eigenvalue weighted by Gasteiger charge is -2.10. The number of nitrogen functional groups attached to an aromatic ring is 1. The topological polar surface area (TPSA) is 35.2 Å². The van der Waals surface area contributed by atoms with Gasteiger partial charge in [0.25, 0.3) is 0 Å². The molecule has 0 bridgehead atoms. The van der Waals surface area contributed by atoms with E-state index in [0.717, 1.165) is 5.56 Å². The van der Waals surface area contributed by atoms with Gasteiger partial charge in [-0.2, -0.15) is 0 Å². The van der Waals surface area contributed by atoms with Crippen LogP contribution in [-0.4, -0.2) is 0 Å². The van der Waals surface area contributed by atoms with Gasteiger partial charge in [0.15, 0.2) is 0 Å². The lowest BCUT2D eigenvalue weighted by atomic mass is 10.2. The van der Waals surface area contributed by atoms with Gasteiger partial charge in [-0.15, -0.1) is 0 Å². The second kappa shape index (κ2) is 5.46. The molecule has 0 aliphatic carbocycles. The Hall–Kier alpha value is -1.45. The Kier molecular flexibility index (Phi) is 3.94. The monoisotopic (exact) mass is 285 g/mol. The number of nitrogens with two attached hydrogens (primary N) is 1. The number of hydrogen-bond acceptors (Lipinski definition) is 2. The molecule has 0 spiro atoms. The van der Waals surface area contributed by atoms with E-state index in [1.807, 2.05) is 0 Å². The first-order valence-corrected chi connectivity index (χ1v) is 5.93. The summed E-state index contributed by atoms with van der Waals surface area (Å²) in [5.74, 6) is 0.00748. The van der Waals surface area contributed by atoms with Crippen LogP contribution in [0.4, 0.5) is 10.1 Å². The first-order chi connectivity index (χ1) is 8.56. The number of benzene rings is 2. The minimum Gasteiger partial charge on any atom is -0.487 e. The van der Waals surface area contributed by atoms with Crippen molar-refractivity contribution in [3.05, 3.63) is 57.8 Å². The molecule has 0 aliphatic rings. The van der Waals surface area contributed by atoms with Crippen LogP contribution >= 0.6 is 23.2 Å². The van der Waals surface area contributed by atoms with Crippen molar-refractivity contribution in [3.63, 3.8) is 0 Å². The first-order valence-electron chi connectivity index (χ1n) is 5.18. The van der Waals surface area contributed by atoms with E-state index in [0.29, 0.717) is 15.8 Å². The maximum absolute atomic E-state index is 12.9. The lowest BCUT2D eigenvalue weighted by molar-refractivity contribution is 0.307. The third kappa shape index (κ3) is 3.06. The minimum atomic E-state index is -0.402. The standard InChI is InChI=1S/C13H10Cl2FNO/c14-9-1-3-11(15)8(5-9)7-18-13-4-2-10(16)6-12(13)17/h1-6H,7,17H2. The molecule has 5 heteroatoms. The molecule has 0 saturated carbocycles. The molecule has 2 nitrogen and oxygen atoms in total. The van der Waals surface area contributed by atoms with E-state index in [1.54, 1.807) is 18.2 Å². The summed E-state index contributed by atoms with van der Waals surface area (Å²) < 4.78 is 18.3. The van der Waals surface area contributed by atoms with Crippen molar-refractivity contribution in [3.8, 4) is 5.75 Å². The minimum absolute atomic E-state index is 0.217. The molecule has 0 aromatic heterocycles. The van der Waals surface area contributed by atoms with E-state index in [1.165, 1.54) is 18.2 Å². The molecule has 0 saturated heterocycles. The molecule has 0 fully saturated rings. The van der Waals surface area contributed by atoms with Gasteiger partial charge >= 0.3 is 0 Å². The molecule has 18 heavy (non-hydrogen) atoms. The molecule has 2 aromatic carbocycles. The second-order valence-electron chi connectivity index (χ2n) is 3.71. The van der Waals surface area contributed by atoms with Crippen LogP contribution in [0.5, 0.6) is 5.75 Å². The Morgan fingerprint density at radius 1 is 1.11 bits per heavy atom. The van der Waals surface area contributed by atoms with Gasteiger partial charge in [0.05, 0.1) is 5.69 Å². The highest BCUT2D eigenvalue weighted by Gasteiger charge is 2.05. The average Bonchev–Trinajstić information content (AvgIpc) is 2.32. The van der Waals surface area contributed by atoms with Gasteiger partial charge in [-0.25, -0.2) is 4.39 Å². The van der Waals surface area contributed by atoms with Gasteiger partial charge in [0.2, 0.25) is 0 Å². The van der Waals surface area contributed by atoms with Gasteiger partial charge in [0.1, 0.15) is 18.2 Å². The van der Waals surface area contributed by atoms with Crippen LogP contribution in [-0.2, 0) is 6.61 Å². The van der Waals surface area contributed by atoms with E-state index >= 15 is 0 Å². The largest absolute Gasteiger partial charge is 0.487 e. The Morgan fingerprint density at radius 3 is 2.61 bits per heavy atom. The maximum atomic E-state index is 12.9. The van der Waals surface area contributed by atoms with E-state index < -0.39 is 5.82 Å². The molecule has 0 atom stereocenters. The molecule has 0 unspecified atom stereocenters. The molecular weight excluding hydrogens is 276 g/mol. The van der Waals surface area contributed by atoms with Gasteiger partial charge < -0.3 is 10.5 Å². The quantitative estimate of drug-likeness (QED) is 0.854. The Labute approximate surface area is 114 Å². The van der Waals surface area contributed by atoms with Crippen LogP contribution in [0.15, 0.2) is 36.4 Å². The molecule has 0 amide bonds. The first kappa shape index (κ1) is 13.0. The summed E-state index contributed by atoms with van der Waals surface area (Å²) in [4.78, 5) is 0.